The standard InChI is InChI=1S/C81H150O17P2/c1-6-9-12-15-18-21-24-27-30-31-32-33-34-37-40-43-46-51-57-62-67-80(85)97-76(70-91-78(83)64-59-54-49-44-41-38-35-28-25-22-19-16-13-10-7-2)72-95-99(87,88)93-68-75(82)69-94-100(89,90)96-73-77(71-92-79(84)65-60-55-52-47-48-53-58-63-74(4)5)98-81(86)66-61-56-50-45-42-39-36-29-26-23-20-17-14-11-8-3/h22-23,25-26,28-29,35-36,74-77,82H,6-21,24,27,30-34,37-73H2,1-5H3,(H,87,88)(H,89,90)/b25-22-,26-23-,35-28-,36-29-/t75-,76-,77-/m1/s1. The van der Waals surface area contributed by atoms with Gasteiger partial charge in [-0.1, -0.05) is 327 Å². The van der Waals surface area contributed by atoms with Crippen molar-refractivity contribution >= 4 is 39.5 Å². The highest BCUT2D eigenvalue weighted by molar-refractivity contribution is 7.47. The molecule has 0 rings (SSSR count). The third-order valence-corrected chi connectivity index (χ3v) is 19.7. The van der Waals surface area contributed by atoms with Crippen LogP contribution in [0.3, 0.4) is 0 Å². The number of phosphoric ester groups is 2. The molecule has 0 heterocycles. The van der Waals surface area contributed by atoms with E-state index in [0.29, 0.717) is 31.6 Å². The van der Waals surface area contributed by atoms with Crippen molar-refractivity contribution in [3.63, 3.8) is 0 Å². The number of hydrogen-bond acceptors (Lipinski definition) is 15. The third kappa shape index (κ3) is 73.3. The second-order valence-electron chi connectivity index (χ2n) is 28.3. The lowest BCUT2D eigenvalue weighted by molar-refractivity contribution is -0.161. The van der Waals surface area contributed by atoms with E-state index in [1.807, 2.05) is 0 Å². The molecule has 0 aliphatic heterocycles. The SMILES string of the molecule is CCCCCC/C=C\C=C/CCCCCCCC(=O)OC[C@H](COP(=O)(O)OC[C@@H](O)COP(=O)(O)OC[C@@H](COC(=O)CCCCCCCCCC(C)C)OC(=O)CCCCCCC/C=C\C=C/CCCCCC)OC(=O)CCCCCCCCCCCCCCCCCCCCCC. The molecule has 0 aliphatic rings. The molecule has 0 amide bonds. The van der Waals surface area contributed by atoms with E-state index < -0.39 is 97.5 Å². The van der Waals surface area contributed by atoms with Crippen molar-refractivity contribution in [2.75, 3.05) is 39.6 Å². The normalized spacial score (nSPS) is 14.2. The summed E-state index contributed by atoms with van der Waals surface area (Å²) in [5.41, 5.74) is 0. The second-order valence-corrected chi connectivity index (χ2v) is 31.2. The van der Waals surface area contributed by atoms with E-state index in [1.165, 1.54) is 167 Å². The summed E-state index contributed by atoms with van der Waals surface area (Å²) in [5.74, 6) is -1.47. The molecule has 19 heteroatoms. The van der Waals surface area contributed by atoms with Crippen LogP contribution in [0.15, 0.2) is 48.6 Å². The Morgan fingerprint density at radius 1 is 0.310 bits per heavy atom. The van der Waals surface area contributed by atoms with Crippen molar-refractivity contribution in [1.29, 1.82) is 0 Å². The summed E-state index contributed by atoms with van der Waals surface area (Å²) in [6, 6.07) is 0. The average molecular weight is 1460 g/mol. The predicted molar refractivity (Wildman–Crippen MR) is 409 cm³/mol. The Morgan fingerprint density at radius 2 is 0.540 bits per heavy atom. The molecule has 0 aliphatic carbocycles. The van der Waals surface area contributed by atoms with E-state index in [2.05, 4.69) is 83.2 Å². The lowest BCUT2D eigenvalue weighted by Gasteiger charge is -2.21. The van der Waals surface area contributed by atoms with Crippen LogP contribution in [0, 0.1) is 5.92 Å². The summed E-state index contributed by atoms with van der Waals surface area (Å²) in [7, 11) is -9.94. The molecule has 100 heavy (non-hydrogen) atoms. The van der Waals surface area contributed by atoms with E-state index in [9.17, 15) is 43.2 Å². The van der Waals surface area contributed by atoms with Crippen molar-refractivity contribution in [3.05, 3.63) is 48.6 Å². The van der Waals surface area contributed by atoms with Crippen LogP contribution in [0.25, 0.3) is 0 Å². The van der Waals surface area contributed by atoms with Crippen LogP contribution in [0.2, 0.25) is 0 Å². The number of hydrogen-bond donors (Lipinski definition) is 3. The maximum atomic E-state index is 13.1. The van der Waals surface area contributed by atoms with Crippen molar-refractivity contribution < 1.29 is 80.2 Å². The zero-order chi connectivity index (χ0) is 73.4. The molecule has 0 aromatic carbocycles. The molecule has 3 N–H and O–H groups in total. The molecule has 0 fully saturated rings. The van der Waals surface area contributed by atoms with Crippen molar-refractivity contribution in [1.82, 2.24) is 0 Å². The van der Waals surface area contributed by atoms with Gasteiger partial charge < -0.3 is 33.8 Å². The number of phosphoric acid groups is 2. The fourth-order valence-corrected chi connectivity index (χ4v) is 13.1. The average Bonchev–Trinajstić information content (AvgIpc) is 0.919. The molecule has 0 aromatic heterocycles. The fourth-order valence-electron chi connectivity index (χ4n) is 11.5. The number of aliphatic hydroxyl groups is 1. The van der Waals surface area contributed by atoms with E-state index in [1.54, 1.807) is 0 Å². The highest BCUT2D eigenvalue weighted by atomic mass is 31.2. The van der Waals surface area contributed by atoms with Gasteiger partial charge in [0.15, 0.2) is 12.2 Å². The van der Waals surface area contributed by atoms with Crippen LogP contribution >= 0.6 is 15.6 Å². The Labute approximate surface area is 610 Å². The maximum Gasteiger partial charge on any atom is 0.472 e. The van der Waals surface area contributed by atoms with Gasteiger partial charge in [0.2, 0.25) is 0 Å². The Hall–Kier alpha value is -2.98. The van der Waals surface area contributed by atoms with Gasteiger partial charge in [0, 0.05) is 25.7 Å². The van der Waals surface area contributed by atoms with Crippen molar-refractivity contribution in [2.24, 2.45) is 5.92 Å². The zero-order valence-corrected chi connectivity index (χ0v) is 66.1. The fraction of sp³-hybridized carbons (Fsp3) is 0.852. The summed E-state index contributed by atoms with van der Waals surface area (Å²) < 4.78 is 68.6. The summed E-state index contributed by atoms with van der Waals surface area (Å²) in [6.45, 7) is 7.13. The summed E-state index contributed by atoms with van der Waals surface area (Å²) in [6.07, 6.45) is 69.7. The minimum absolute atomic E-state index is 0.0822. The molecule has 17 nitrogen and oxygen atoms in total. The topological polar surface area (TPSA) is 237 Å². The van der Waals surface area contributed by atoms with Gasteiger partial charge in [0.1, 0.15) is 19.3 Å². The van der Waals surface area contributed by atoms with Gasteiger partial charge in [-0.15, -0.1) is 0 Å². The van der Waals surface area contributed by atoms with Crippen LogP contribution < -0.4 is 0 Å². The molecule has 0 bridgehead atoms. The highest BCUT2D eigenvalue weighted by Crippen LogP contribution is 2.45. The molecule has 0 saturated heterocycles. The number of esters is 4. The Balaban J connectivity index is 5.29. The van der Waals surface area contributed by atoms with Crippen LogP contribution in [0.5, 0.6) is 0 Å². The number of ether oxygens (including phenoxy) is 4. The number of allylic oxidation sites excluding steroid dienone is 8. The van der Waals surface area contributed by atoms with Gasteiger partial charge in [-0.3, -0.25) is 37.3 Å². The first-order valence-electron chi connectivity index (χ1n) is 40.8. The molecule has 5 atom stereocenters. The van der Waals surface area contributed by atoms with Crippen molar-refractivity contribution in [2.45, 2.75) is 400 Å². The molecular weight excluding hydrogens is 1310 g/mol. The largest absolute Gasteiger partial charge is 0.472 e. The summed E-state index contributed by atoms with van der Waals surface area (Å²) in [4.78, 5) is 72.9. The van der Waals surface area contributed by atoms with E-state index in [0.717, 1.165) is 128 Å². The van der Waals surface area contributed by atoms with Crippen LogP contribution in [0.1, 0.15) is 381 Å². The molecule has 0 spiro atoms. The number of carbonyl (C=O) groups excluding carboxylic acids is 4. The molecule has 2 unspecified atom stereocenters. The monoisotopic (exact) mass is 1460 g/mol. The zero-order valence-electron chi connectivity index (χ0n) is 64.3. The highest BCUT2D eigenvalue weighted by Gasteiger charge is 2.30. The smallest absolute Gasteiger partial charge is 0.462 e. The van der Waals surface area contributed by atoms with Crippen LogP contribution in [0.4, 0.5) is 0 Å². The lowest BCUT2D eigenvalue weighted by atomic mass is 10.0. The number of rotatable bonds is 77. The van der Waals surface area contributed by atoms with Gasteiger partial charge in [-0.05, 0) is 83.0 Å². The minimum Gasteiger partial charge on any atom is -0.462 e. The number of unbranched alkanes of at least 4 members (excludes halogenated alkanes) is 43. The minimum atomic E-state index is -4.97. The van der Waals surface area contributed by atoms with E-state index in [-0.39, 0.29) is 25.7 Å². The third-order valence-electron chi connectivity index (χ3n) is 17.8. The van der Waals surface area contributed by atoms with E-state index >= 15 is 0 Å². The second kappa shape index (κ2) is 72.9. The quantitative estimate of drug-likeness (QED) is 0.0169. The summed E-state index contributed by atoms with van der Waals surface area (Å²) in [5, 5.41) is 10.6. The van der Waals surface area contributed by atoms with Gasteiger partial charge >= 0.3 is 39.5 Å². The van der Waals surface area contributed by atoms with Gasteiger partial charge in [-0.2, -0.15) is 0 Å². The lowest BCUT2D eigenvalue weighted by Crippen LogP contribution is -2.30. The molecular formula is C81H150O17P2. The maximum absolute atomic E-state index is 13.1. The first-order valence-corrected chi connectivity index (χ1v) is 43.8. The Kier molecular flexibility index (Phi) is 70.8. The molecule has 0 radical (unpaired) electrons. The summed E-state index contributed by atoms with van der Waals surface area (Å²) >= 11 is 0. The van der Waals surface area contributed by atoms with Gasteiger partial charge in [0.25, 0.3) is 0 Å². The van der Waals surface area contributed by atoms with E-state index in [4.69, 9.17) is 37.0 Å². The number of aliphatic hydroxyl groups excluding tert-OH is 1. The predicted octanol–water partition coefficient (Wildman–Crippen LogP) is 23.5. The van der Waals surface area contributed by atoms with Crippen LogP contribution in [-0.4, -0.2) is 96.7 Å². The Morgan fingerprint density at radius 3 is 0.820 bits per heavy atom. The first-order chi connectivity index (χ1) is 48.5. The first kappa shape index (κ1) is 97.0. The number of carbonyl (C=O) groups is 4. The van der Waals surface area contributed by atoms with Crippen LogP contribution in [-0.2, 0) is 65.4 Å². The van der Waals surface area contributed by atoms with Crippen molar-refractivity contribution in [3.8, 4) is 0 Å². The Bertz CT molecular complexity index is 2100. The van der Waals surface area contributed by atoms with Gasteiger partial charge in [-0.25, -0.2) is 9.13 Å². The molecule has 586 valence electrons. The molecule has 0 aromatic rings. The molecule has 0 saturated carbocycles. The van der Waals surface area contributed by atoms with Gasteiger partial charge in [0.05, 0.1) is 26.4 Å².